The van der Waals surface area contributed by atoms with Gasteiger partial charge in [-0.15, -0.1) is 11.3 Å². The summed E-state index contributed by atoms with van der Waals surface area (Å²) >= 11 is 9.14. The molecule has 0 spiro atoms. The molecule has 0 aromatic carbocycles. The van der Waals surface area contributed by atoms with E-state index < -0.39 is 0 Å². The zero-order chi connectivity index (χ0) is 11.1. The number of thiophene rings is 1. The molecule has 0 aliphatic carbocycles. The lowest BCUT2D eigenvalue weighted by molar-refractivity contribution is 0.285. The van der Waals surface area contributed by atoms with E-state index in [9.17, 15) is 0 Å². The quantitative estimate of drug-likeness (QED) is 0.724. The van der Waals surface area contributed by atoms with E-state index in [1.807, 2.05) is 0 Å². The average Bonchev–Trinajstić information content (AvgIpc) is 2.60. The number of alkyl halides is 1. The van der Waals surface area contributed by atoms with Crippen molar-refractivity contribution in [2.24, 2.45) is 5.41 Å². The van der Waals surface area contributed by atoms with Gasteiger partial charge in [-0.25, -0.2) is 0 Å². The zero-order valence-corrected chi connectivity index (χ0v) is 13.0. The van der Waals surface area contributed by atoms with Crippen molar-refractivity contribution in [3.8, 4) is 0 Å². The summed E-state index contributed by atoms with van der Waals surface area (Å²) in [4.78, 5) is 3.13. The topological polar surface area (TPSA) is 3.24 Å². The monoisotopic (exact) mass is 351 g/mol. The van der Waals surface area contributed by atoms with E-state index >= 15 is 0 Å². The summed E-state index contributed by atoms with van der Waals surface area (Å²) in [5.41, 5.74) is 1.81. The van der Waals surface area contributed by atoms with Crippen LogP contribution in [0, 0.1) is 5.41 Å². The fourth-order valence-corrected chi connectivity index (χ4v) is 3.78. The first-order valence-electron chi connectivity index (χ1n) is 5.07. The minimum atomic E-state index is 0.391. The van der Waals surface area contributed by atoms with Crippen molar-refractivity contribution < 1.29 is 0 Å². The van der Waals surface area contributed by atoms with Gasteiger partial charge in [-0.1, -0.05) is 29.8 Å². The second-order valence-electron chi connectivity index (χ2n) is 4.85. The maximum atomic E-state index is 3.77. The van der Waals surface area contributed by atoms with E-state index in [-0.39, 0.29) is 0 Å². The number of hydrogen-bond acceptors (Lipinski definition) is 2. The first kappa shape index (κ1) is 12.1. The summed E-state index contributed by atoms with van der Waals surface area (Å²) in [5, 5.41) is 2.15. The van der Waals surface area contributed by atoms with Crippen molar-refractivity contribution in [2.75, 3.05) is 13.1 Å². The molecule has 4 heteroatoms. The Labute approximate surface area is 112 Å². The molecule has 1 aromatic rings. The van der Waals surface area contributed by atoms with Crippen LogP contribution >= 0.6 is 43.2 Å². The van der Waals surface area contributed by atoms with Crippen LogP contribution in [-0.4, -0.2) is 22.8 Å². The van der Waals surface area contributed by atoms with Crippen LogP contribution in [0.3, 0.4) is 0 Å². The average molecular weight is 353 g/mol. The predicted molar refractivity (Wildman–Crippen MR) is 73.8 cm³/mol. The molecule has 0 amide bonds. The summed E-state index contributed by atoms with van der Waals surface area (Å²) in [6.07, 6.45) is 0. The molecular formula is C11H15Br2NS. The molecule has 0 radical (unpaired) electrons. The molecule has 84 valence electrons. The lowest BCUT2D eigenvalue weighted by Gasteiger charge is -2.21. The van der Waals surface area contributed by atoms with Gasteiger partial charge < -0.3 is 0 Å². The Hall–Kier alpha value is 0.620. The van der Waals surface area contributed by atoms with Gasteiger partial charge in [0, 0.05) is 24.5 Å². The molecular weight excluding hydrogens is 338 g/mol. The van der Waals surface area contributed by atoms with Crippen LogP contribution in [0.15, 0.2) is 15.2 Å². The van der Waals surface area contributed by atoms with E-state index in [0.717, 1.165) is 13.1 Å². The molecule has 1 unspecified atom stereocenters. The lowest BCUT2D eigenvalue weighted by atomic mass is 9.93. The number of likely N-dealkylation sites (tertiary alicyclic amines) is 1. The van der Waals surface area contributed by atoms with E-state index in [1.54, 1.807) is 11.3 Å². The molecule has 1 atom stereocenters. The van der Waals surface area contributed by atoms with Crippen LogP contribution in [-0.2, 0) is 6.54 Å². The Kier molecular flexibility index (Phi) is 3.61. The summed E-state index contributed by atoms with van der Waals surface area (Å²) in [5.74, 6) is 0. The van der Waals surface area contributed by atoms with Gasteiger partial charge in [-0.2, -0.15) is 0 Å². The van der Waals surface area contributed by atoms with Crippen molar-refractivity contribution in [2.45, 2.75) is 25.2 Å². The predicted octanol–water partition coefficient (Wildman–Crippen LogP) is 4.12. The largest absolute Gasteiger partial charge is 0.297 e. The molecule has 1 aromatic heterocycles. The number of halogens is 2. The Balaban J connectivity index is 2.01. The van der Waals surface area contributed by atoms with Gasteiger partial charge in [0.05, 0.1) is 3.79 Å². The smallest absolute Gasteiger partial charge is 0.0743 e. The van der Waals surface area contributed by atoms with Gasteiger partial charge in [0.1, 0.15) is 0 Å². The Morgan fingerprint density at radius 3 is 2.80 bits per heavy atom. The summed E-state index contributed by atoms with van der Waals surface area (Å²) < 4.78 is 1.28. The first-order valence-corrected chi connectivity index (χ1v) is 7.66. The summed E-state index contributed by atoms with van der Waals surface area (Å²) in [6.45, 7) is 8.04. The molecule has 1 aliphatic rings. The highest BCUT2D eigenvalue weighted by Crippen LogP contribution is 2.36. The summed E-state index contributed by atoms with van der Waals surface area (Å²) in [7, 11) is 0. The minimum Gasteiger partial charge on any atom is -0.297 e. The van der Waals surface area contributed by atoms with Gasteiger partial charge in [0.25, 0.3) is 0 Å². The van der Waals surface area contributed by atoms with E-state index in [0.29, 0.717) is 10.2 Å². The Bertz CT molecular complexity index is 348. The van der Waals surface area contributed by atoms with Gasteiger partial charge in [-0.3, -0.25) is 4.90 Å². The van der Waals surface area contributed by atoms with Crippen LogP contribution in [0.4, 0.5) is 0 Å². The van der Waals surface area contributed by atoms with Crippen LogP contribution < -0.4 is 0 Å². The first-order chi connectivity index (χ1) is 6.99. The van der Waals surface area contributed by atoms with Gasteiger partial charge in [0.15, 0.2) is 0 Å². The summed E-state index contributed by atoms with van der Waals surface area (Å²) in [6, 6.07) is 2.21. The Morgan fingerprint density at radius 2 is 2.33 bits per heavy atom. The van der Waals surface area contributed by atoms with Crippen LogP contribution in [0.5, 0.6) is 0 Å². The Morgan fingerprint density at radius 1 is 1.60 bits per heavy atom. The lowest BCUT2D eigenvalue weighted by Crippen LogP contribution is -2.23. The molecule has 0 N–H and O–H groups in total. The SMILES string of the molecule is CC1(C)CN(Cc2ccsc2Br)CC1Br. The number of hydrogen-bond donors (Lipinski definition) is 0. The molecule has 0 saturated carbocycles. The van der Waals surface area contributed by atoms with Crippen molar-refractivity contribution in [1.29, 1.82) is 0 Å². The van der Waals surface area contributed by atoms with Crippen LogP contribution in [0.1, 0.15) is 19.4 Å². The van der Waals surface area contributed by atoms with Crippen molar-refractivity contribution in [1.82, 2.24) is 4.90 Å². The van der Waals surface area contributed by atoms with E-state index in [1.165, 1.54) is 15.9 Å². The highest BCUT2D eigenvalue weighted by atomic mass is 79.9. The van der Waals surface area contributed by atoms with Crippen molar-refractivity contribution in [3.63, 3.8) is 0 Å². The normalized spacial score (nSPS) is 26.0. The van der Waals surface area contributed by atoms with Crippen molar-refractivity contribution in [3.05, 3.63) is 20.8 Å². The highest BCUT2D eigenvalue weighted by molar-refractivity contribution is 9.11. The maximum absolute atomic E-state index is 3.77. The van der Waals surface area contributed by atoms with Crippen LogP contribution in [0.2, 0.25) is 0 Å². The standard InChI is InChI=1S/C11H15Br2NS/c1-11(2)7-14(6-9(11)12)5-8-3-4-15-10(8)13/h3-4,9H,5-7H2,1-2H3. The molecule has 1 fully saturated rings. The zero-order valence-electron chi connectivity index (χ0n) is 8.96. The molecule has 0 bridgehead atoms. The molecule has 1 saturated heterocycles. The minimum absolute atomic E-state index is 0.391. The number of nitrogens with zero attached hydrogens (tertiary/aromatic N) is 1. The molecule has 1 nitrogen and oxygen atoms in total. The third-order valence-corrected chi connectivity index (χ3v) is 6.33. The molecule has 2 rings (SSSR count). The van der Waals surface area contributed by atoms with Crippen molar-refractivity contribution >= 4 is 43.2 Å². The maximum Gasteiger partial charge on any atom is 0.0743 e. The third kappa shape index (κ3) is 2.65. The van der Waals surface area contributed by atoms with Gasteiger partial charge >= 0.3 is 0 Å². The molecule has 1 aliphatic heterocycles. The van der Waals surface area contributed by atoms with Gasteiger partial charge in [0.2, 0.25) is 0 Å². The van der Waals surface area contributed by atoms with E-state index in [4.69, 9.17) is 0 Å². The highest BCUT2D eigenvalue weighted by Gasteiger charge is 2.37. The second kappa shape index (κ2) is 4.47. The fraction of sp³-hybridized carbons (Fsp3) is 0.636. The molecule has 2 heterocycles. The van der Waals surface area contributed by atoms with Crippen LogP contribution in [0.25, 0.3) is 0 Å². The second-order valence-corrected chi connectivity index (χ2v) is 8.18. The molecule has 15 heavy (non-hydrogen) atoms. The number of rotatable bonds is 2. The van der Waals surface area contributed by atoms with Gasteiger partial charge in [-0.05, 0) is 38.4 Å². The van der Waals surface area contributed by atoms with E-state index in [2.05, 4.69) is 62.1 Å². The fourth-order valence-electron chi connectivity index (χ4n) is 2.01. The third-order valence-electron chi connectivity index (χ3n) is 2.98.